The third-order valence-corrected chi connectivity index (χ3v) is 8.32. The number of hydrogen-bond acceptors (Lipinski definition) is 5. The minimum Gasteiger partial charge on any atom is -0.256 e. The van der Waals surface area contributed by atoms with E-state index in [0.717, 1.165) is 82.5 Å². The molecule has 0 bridgehead atoms. The normalized spacial score (nSPS) is 11.6. The minimum atomic E-state index is 0.659. The van der Waals surface area contributed by atoms with Gasteiger partial charge in [0.2, 0.25) is 0 Å². The van der Waals surface area contributed by atoms with Gasteiger partial charge in [-0.1, -0.05) is 91.0 Å². The molecule has 4 aromatic heterocycles. The predicted molar refractivity (Wildman–Crippen MR) is 179 cm³/mol. The first kappa shape index (κ1) is 24.5. The number of para-hydroxylation sites is 2. The van der Waals surface area contributed by atoms with Gasteiger partial charge in [0.25, 0.3) is 0 Å². The van der Waals surface area contributed by atoms with Crippen LogP contribution >= 0.6 is 0 Å². The van der Waals surface area contributed by atoms with Gasteiger partial charge in [0.15, 0.2) is 5.82 Å². The number of rotatable bonds is 3. The summed E-state index contributed by atoms with van der Waals surface area (Å²) >= 11 is 0. The molecule has 0 fully saturated rings. The molecule has 0 amide bonds. The highest BCUT2D eigenvalue weighted by Crippen LogP contribution is 2.37. The Morgan fingerprint density at radius 2 is 1.09 bits per heavy atom. The van der Waals surface area contributed by atoms with Gasteiger partial charge in [-0.2, -0.15) is 0 Å². The Morgan fingerprint density at radius 3 is 1.98 bits per heavy atom. The summed E-state index contributed by atoms with van der Waals surface area (Å²) in [5, 5.41) is 6.42. The summed E-state index contributed by atoms with van der Waals surface area (Å²) in [7, 11) is 0. The van der Waals surface area contributed by atoms with Crippen molar-refractivity contribution in [2.75, 3.05) is 0 Å². The zero-order chi connectivity index (χ0) is 29.0. The quantitative estimate of drug-likeness (QED) is 0.201. The standard InChI is InChI=1S/C39H23N5/c1-2-12-29-27(8-1)22-28(23-32(29)34-19-18-26-17-16-25-11-7-21-41-36(25)37(26)42-34)39-43-33-15-4-3-13-30(33)38(44-39)31-14-5-9-24-10-6-20-40-35(24)31/h1-23H. The van der Waals surface area contributed by atoms with Crippen LogP contribution in [0.2, 0.25) is 0 Å². The SMILES string of the molecule is c1ccc2c(-c3ccc4ccc5cccnc5c4n3)cc(-c3nc(-c4cccc5cccnc45)c4ccccc4n3)cc2c1. The number of nitrogens with zero attached hydrogens (tertiary/aromatic N) is 5. The molecule has 0 spiro atoms. The van der Waals surface area contributed by atoms with Crippen LogP contribution in [0.3, 0.4) is 0 Å². The lowest BCUT2D eigenvalue weighted by atomic mass is 9.97. The van der Waals surface area contributed by atoms with Crippen molar-refractivity contribution in [3.8, 4) is 33.9 Å². The molecule has 0 saturated carbocycles. The molecule has 44 heavy (non-hydrogen) atoms. The van der Waals surface area contributed by atoms with Crippen LogP contribution in [0.25, 0.3) is 88.3 Å². The van der Waals surface area contributed by atoms with Crippen molar-refractivity contribution in [3.63, 3.8) is 0 Å². The second-order valence-electron chi connectivity index (χ2n) is 10.9. The lowest BCUT2D eigenvalue weighted by Gasteiger charge is -2.14. The van der Waals surface area contributed by atoms with Gasteiger partial charge in [-0.15, -0.1) is 0 Å². The average molecular weight is 562 g/mol. The van der Waals surface area contributed by atoms with Gasteiger partial charge >= 0.3 is 0 Å². The molecule has 0 aliphatic rings. The first-order chi connectivity index (χ1) is 21.8. The van der Waals surface area contributed by atoms with Gasteiger partial charge in [-0.3, -0.25) is 9.97 Å². The van der Waals surface area contributed by atoms with Crippen LogP contribution in [0, 0.1) is 0 Å². The van der Waals surface area contributed by atoms with E-state index in [-0.39, 0.29) is 0 Å². The number of aromatic nitrogens is 5. The van der Waals surface area contributed by atoms with Crippen LogP contribution in [0.4, 0.5) is 0 Å². The van der Waals surface area contributed by atoms with E-state index in [2.05, 4.69) is 102 Å². The largest absolute Gasteiger partial charge is 0.256 e. The Kier molecular flexibility index (Phi) is 5.43. The molecule has 0 saturated heterocycles. The van der Waals surface area contributed by atoms with Crippen molar-refractivity contribution in [1.82, 2.24) is 24.9 Å². The van der Waals surface area contributed by atoms with E-state index in [1.807, 2.05) is 42.7 Å². The summed E-state index contributed by atoms with van der Waals surface area (Å²) in [6.45, 7) is 0. The first-order valence-electron chi connectivity index (χ1n) is 14.6. The Morgan fingerprint density at radius 1 is 0.409 bits per heavy atom. The van der Waals surface area contributed by atoms with Gasteiger partial charge < -0.3 is 0 Å². The topological polar surface area (TPSA) is 64.5 Å². The van der Waals surface area contributed by atoms with E-state index in [9.17, 15) is 0 Å². The zero-order valence-corrected chi connectivity index (χ0v) is 23.5. The van der Waals surface area contributed by atoms with Gasteiger partial charge in [0.1, 0.15) is 0 Å². The molecular weight excluding hydrogens is 538 g/mol. The Labute approximate surface area is 252 Å². The average Bonchev–Trinajstić information content (AvgIpc) is 3.10. The van der Waals surface area contributed by atoms with Crippen molar-refractivity contribution < 1.29 is 0 Å². The van der Waals surface area contributed by atoms with Crippen molar-refractivity contribution in [2.45, 2.75) is 0 Å². The van der Waals surface area contributed by atoms with Crippen molar-refractivity contribution in [3.05, 3.63) is 140 Å². The van der Waals surface area contributed by atoms with Gasteiger partial charge in [0.05, 0.1) is 33.5 Å². The lowest BCUT2D eigenvalue weighted by Crippen LogP contribution is -1.97. The molecule has 0 N–H and O–H groups in total. The van der Waals surface area contributed by atoms with Crippen LogP contribution in [-0.4, -0.2) is 24.9 Å². The molecule has 0 unspecified atom stereocenters. The highest BCUT2D eigenvalue weighted by Gasteiger charge is 2.17. The Balaban J connectivity index is 1.31. The molecule has 204 valence electrons. The molecule has 9 aromatic rings. The highest BCUT2D eigenvalue weighted by molar-refractivity contribution is 6.06. The number of pyridine rings is 3. The van der Waals surface area contributed by atoms with E-state index in [1.165, 1.54) is 0 Å². The molecular formula is C39H23N5. The van der Waals surface area contributed by atoms with E-state index >= 15 is 0 Å². The molecule has 4 heterocycles. The Bertz CT molecular complexity index is 2570. The summed E-state index contributed by atoms with van der Waals surface area (Å²) in [4.78, 5) is 24.9. The van der Waals surface area contributed by atoms with Crippen LogP contribution in [0.5, 0.6) is 0 Å². The van der Waals surface area contributed by atoms with E-state index in [1.54, 1.807) is 0 Å². The third kappa shape index (κ3) is 3.91. The highest BCUT2D eigenvalue weighted by atomic mass is 14.9. The fourth-order valence-corrected chi connectivity index (χ4v) is 6.23. The number of fused-ring (bicyclic) bond motifs is 6. The second kappa shape index (κ2) is 9.75. The molecule has 0 atom stereocenters. The van der Waals surface area contributed by atoms with Gasteiger partial charge in [-0.25, -0.2) is 15.0 Å². The molecule has 5 aromatic carbocycles. The molecule has 0 aliphatic heterocycles. The fourth-order valence-electron chi connectivity index (χ4n) is 6.23. The van der Waals surface area contributed by atoms with Crippen LogP contribution in [0.1, 0.15) is 0 Å². The summed E-state index contributed by atoms with van der Waals surface area (Å²) in [6, 6.07) is 43.7. The monoisotopic (exact) mass is 561 g/mol. The van der Waals surface area contributed by atoms with Crippen molar-refractivity contribution in [1.29, 1.82) is 0 Å². The van der Waals surface area contributed by atoms with Crippen LogP contribution < -0.4 is 0 Å². The fraction of sp³-hybridized carbons (Fsp3) is 0. The maximum atomic E-state index is 5.24. The summed E-state index contributed by atoms with van der Waals surface area (Å²) in [5.74, 6) is 0.659. The number of hydrogen-bond donors (Lipinski definition) is 0. The summed E-state index contributed by atoms with van der Waals surface area (Å²) in [5.41, 5.74) is 8.29. The minimum absolute atomic E-state index is 0.659. The maximum absolute atomic E-state index is 5.24. The third-order valence-electron chi connectivity index (χ3n) is 8.32. The predicted octanol–water partition coefficient (Wildman–Crippen LogP) is 9.43. The lowest BCUT2D eigenvalue weighted by molar-refractivity contribution is 1.23. The van der Waals surface area contributed by atoms with Crippen LogP contribution in [-0.2, 0) is 0 Å². The maximum Gasteiger partial charge on any atom is 0.160 e. The second-order valence-corrected chi connectivity index (χ2v) is 10.9. The molecule has 0 aliphatic carbocycles. The van der Waals surface area contributed by atoms with Gasteiger partial charge in [-0.05, 0) is 47.2 Å². The molecule has 9 rings (SSSR count). The smallest absolute Gasteiger partial charge is 0.160 e. The van der Waals surface area contributed by atoms with Crippen LogP contribution in [0.15, 0.2) is 140 Å². The van der Waals surface area contributed by atoms with E-state index < -0.39 is 0 Å². The van der Waals surface area contributed by atoms with Gasteiger partial charge in [0, 0.05) is 50.6 Å². The molecule has 5 heteroatoms. The molecule has 0 radical (unpaired) electrons. The first-order valence-corrected chi connectivity index (χ1v) is 14.6. The van der Waals surface area contributed by atoms with Crippen molar-refractivity contribution in [2.24, 2.45) is 0 Å². The summed E-state index contributed by atoms with van der Waals surface area (Å²) < 4.78 is 0. The van der Waals surface area contributed by atoms with Crippen molar-refractivity contribution >= 4 is 54.4 Å². The Hall–Kier alpha value is -6.07. The van der Waals surface area contributed by atoms with E-state index in [4.69, 9.17) is 19.9 Å². The zero-order valence-electron chi connectivity index (χ0n) is 23.5. The van der Waals surface area contributed by atoms with E-state index in [0.29, 0.717) is 5.82 Å². The molecule has 5 nitrogen and oxygen atoms in total. The number of benzene rings is 5. The summed E-state index contributed by atoms with van der Waals surface area (Å²) in [6.07, 6.45) is 3.66.